The average molecular weight is 343 g/mol. The van der Waals surface area contributed by atoms with E-state index in [9.17, 15) is 14.0 Å². The first-order valence-corrected chi connectivity index (χ1v) is 7.28. The molecule has 1 unspecified atom stereocenters. The van der Waals surface area contributed by atoms with Gasteiger partial charge in [0, 0.05) is 30.5 Å². The highest BCUT2D eigenvalue weighted by molar-refractivity contribution is 9.10. The molecule has 0 aliphatic carbocycles. The summed E-state index contributed by atoms with van der Waals surface area (Å²) in [6.45, 7) is 2.47. The number of piperidine rings is 1. The number of amides is 2. The lowest BCUT2D eigenvalue weighted by molar-refractivity contribution is -0.120. The molecule has 0 saturated carbocycles. The van der Waals surface area contributed by atoms with Crippen molar-refractivity contribution in [2.45, 2.75) is 25.8 Å². The number of hydrogen-bond acceptors (Lipinski definition) is 2. The molecule has 1 aromatic rings. The van der Waals surface area contributed by atoms with Crippen molar-refractivity contribution >= 4 is 27.7 Å². The average Bonchev–Trinajstić information content (AvgIpc) is 2.37. The second-order valence-electron chi connectivity index (χ2n) is 4.92. The van der Waals surface area contributed by atoms with Gasteiger partial charge in [-0.3, -0.25) is 9.59 Å². The van der Waals surface area contributed by atoms with Gasteiger partial charge in [0.2, 0.25) is 5.91 Å². The van der Waals surface area contributed by atoms with E-state index in [0.717, 1.165) is 12.8 Å². The largest absolute Gasteiger partial charge is 0.352 e. The summed E-state index contributed by atoms with van der Waals surface area (Å²) in [5.74, 6) is -0.977. The second-order valence-corrected chi connectivity index (χ2v) is 5.83. The zero-order chi connectivity index (χ0) is 14.7. The molecule has 0 radical (unpaired) electrons. The van der Waals surface area contributed by atoms with Crippen molar-refractivity contribution in [1.29, 1.82) is 0 Å². The lowest BCUT2D eigenvalue weighted by Crippen LogP contribution is -2.49. The van der Waals surface area contributed by atoms with Gasteiger partial charge in [0.25, 0.3) is 5.91 Å². The predicted molar refractivity (Wildman–Crippen MR) is 76.8 cm³/mol. The highest BCUT2D eigenvalue weighted by Crippen LogP contribution is 2.19. The summed E-state index contributed by atoms with van der Waals surface area (Å²) in [5, 5.41) is 2.81. The van der Waals surface area contributed by atoms with Crippen LogP contribution in [0.2, 0.25) is 0 Å². The Labute approximate surface area is 125 Å². The Morgan fingerprint density at radius 3 is 2.85 bits per heavy atom. The van der Waals surface area contributed by atoms with E-state index in [1.54, 1.807) is 11.0 Å². The maximum atomic E-state index is 13.8. The van der Waals surface area contributed by atoms with Crippen LogP contribution >= 0.6 is 15.9 Å². The van der Waals surface area contributed by atoms with Gasteiger partial charge >= 0.3 is 0 Å². The van der Waals surface area contributed by atoms with Crippen molar-refractivity contribution in [3.05, 3.63) is 34.1 Å². The van der Waals surface area contributed by atoms with Crippen molar-refractivity contribution in [3.63, 3.8) is 0 Å². The summed E-state index contributed by atoms with van der Waals surface area (Å²) in [4.78, 5) is 25.0. The molecule has 1 aliphatic heterocycles. The Morgan fingerprint density at radius 1 is 1.45 bits per heavy atom. The number of likely N-dealkylation sites (tertiary alicyclic amines) is 1. The monoisotopic (exact) mass is 342 g/mol. The molecule has 2 rings (SSSR count). The maximum Gasteiger partial charge on any atom is 0.256 e. The lowest BCUT2D eigenvalue weighted by Gasteiger charge is -2.33. The van der Waals surface area contributed by atoms with Crippen molar-refractivity contribution in [2.24, 2.45) is 0 Å². The Hall–Kier alpha value is -1.43. The smallest absolute Gasteiger partial charge is 0.256 e. The standard InChI is InChI=1S/C14H16BrFN2O2/c1-9(19)17-11-3-2-6-18(8-11)14(20)12-5-4-10(15)7-13(12)16/h4-5,7,11H,2-3,6,8H2,1H3,(H,17,19). The van der Waals surface area contributed by atoms with Crippen LogP contribution in [0.5, 0.6) is 0 Å². The number of rotatable bonds is 2. The molecular weight excluding hydrogens is 327 g/mol. The summed E-state index contributed by atoms with van der Waals surface area (Å²) >= 11 is 3.17. The second kappa shape index (κ2) is 6.35. The van der Waals surface area contributed by atoms with E-state index in [1.165, 1.54) is 19.1 Å². The van der Waals surface area contributed by atoms with Crippen molar-refractivity contribution in [3.8, 4) is 0 Å². The number of nitrogens with zero attached hydrogens (tertiary/aromatic N) is 1. The first-order chi connectivity index (χ1) is 9.47. The predicted octanol–water partition coefficient (Wildman–Crippen LogP) is 2.33. The highest BCUT2D eigenvalue weighted by Gasteiger charge is 2.26. The Morgan fingerprint density at radius 2 is 2.20 bits per heavy atom. The number of hydrogen-bond donors (Lipinski definition) is 1. The van der Waals surface area contributed by atoms with Gasteiger partial charge < -0.3 is 10.2 Å². The van der Waals surface area contributed by atoms with Gasteiger partial charge in [0.1, 0.15) is 5.82 Å². The minimum atomic E-state index is -0.536. The molecule has 1 heterocycles. The molecule has 1 N–H and O–H groups in total. The number of carbonyl (C=O) groups excluding carboxylic acids is 2. The van der Waals surface area contributed by atoms with E-state index in [0.29, 0.717) is 17.6 Å². The quantitative estimate of drug-likeness (QED) is 0.896. The molecule has 0 bridgehead atoms. The Bertz CT molecular complexity index is 536. The molecule has 6 heteroatoms. The molecule has 1 fully saturated rings. The third-order valence-corrected chi connectivity index (χ3v) is 3.77. The zero-order valence-electron chi connectivity index (χ0n) is 11.2. The first kappa shape index (κ1) is 15.0. The minimum Gasteiger partial charge on any atom is -0.352 e. The summed E-state index contributed by atoms with van der Waals surface area (Å²) < 4.78 is 14.4. The van der Waals surface area contributed by atoms with Crippen molar-refractivity contribution in [2.75, 3.05) is 13.1 Å². The fourth-order valence-electron chi connectivity index (χ4n) is 2.40. The van der Waals surface area contributed by atoms with Gasteiger partial charge in [-0.05, 0) is 31.0 Å². The minimum absolute atomic E-state index is 0.0521. The fourth-order valence-corrected chi connectivity index (χ4v) is 2.73. The summed E-state index contributed by atoms with van der Waals surface area (Å²) in [5.41, 5.74) is 0.0664. The Balaban J connectivity index is 2.10. The molecule has 108 valence electrons. The molecule has 1 aliphatic rings. The highest BCUT2D eigenvalue weighted by atomic mass is 79.9. The van der Waals surface area contributed by atoms with E-state index in [-0.39, 0.29) is 23.4 Å². The number of halogens is 2. The number of benzene rings is 1. The van der Waals surface area contributed by atoms with Crippen LogP contribution < -0.4 is 5.32 Å². The van der Waals surface area contributed by atoms with E-state index in [4.69, 9.17) is 0 Å². The van der Waals surface area contributed by atoms with E-state index in [2.05, 4.69) is 21.2 Å². The Kier molecular flexibility index (Phi) is 4.75. The van der Waals surface area contributed by atoms with Gasteiger partial charge in [-0.15, -0.1) is 0 Å². The lowest BCUT2D eigenvalue weighted by atomic mass is 10.0. The molecule has 0 spiro atoms. The van der Waals surface area contributed by atoms with E-state index < -0.39 is 5.82 Å². The first-order valence-electron chi connectivity index (χ1n) is 6.49. The van der Waals surface area contributed by atoms with Crippen molar-refractivity contribution < 1.29 is 14.0 Å². The van der Waals surface area contributed by atoms with Crippen molar-refractivity contribution in [1.82, 2.24) is 10.2 Å². The summed E-state index contributed by atoms with van der Waals surface area (Å²) in [6.07, 6.45) is 1.64. The van der Waals surface area contributed by atoms with Crippen LogP contribution in [0.4, 0.5) is 4.39 Å². The number of carbonyl (C=O) groups is 2. The summed E-state index contributed by atoms with van der Waals surface area (Å²) in [6, 6.07) is 4.35. The van der Waals surface area contributed by atoms with Gasteiger partial charge in [-0.2, -0.15) is 0 Å². The van der Waals surface area contributed by atoms with Gasteiger partial charge in [0.05, 0.1) is 5.56 Å². The molecule has 1 saturated heterocycles. The van der Waals surface area contributed by atoms with Crippen LogP contribution in [-0.2, 0) is 4.79 Å². The SMILES string of the molecule is CC(=O)NC1CCCN(C(=O)c2ccc(Br)cc2F)C1. The normalized spacial score (nSPS) is 18.8. The van der Waals surface area contributed by atoms with Crippen LogP contribution in [0, 0.1) is 5.82 Å². The maximum absolute atomic E-state index is 13.8. The molecule has 20 heavy (non-hydrogen) atoms. The molecule has 1 aromatic carbocycles. The third-order valence-electron chi connectivity index (χ3n) is 3.28. The molecule has 2 amide bonds. The molecule has 0 aromatic heterocycles. The molecule has 1 atom stereocenters. The topological polar surface area (TPSA) is 49.4 Å². The van der Waals surface area contributed by atoms with Crippen LogP contribution in [-0.4, -0.2) is 35.8 Å². The van der Waals surface area contributed by atoms with Gasteiger partial charge in [-0.1, -0.05) is 15.9 Å². The molecule has 4 nitrogen and oxygen atoms in total. The van der Waals surface area contributed by atoms with E-state index >= 15 is 0 Å². The van der Waals surface area contributed by atoms with Gasteiger partial charge in [0.15, 0.2) is 0 Å². The van der Waals surface area contributed by atoms with Crippen LogP contribution in [0.15, 0.2) is 22.7 Å². The number of nitrogens with one attached hydrogen (secondary N) is 1. The zero-order valence-corrected chi connectivity index (χ0v) is 12.7. The third kappa shape index (κ3) is 3.56. The molecular formula is C14H16BrFN2O2. The van der Waals surface area contributed by atoms with Crippen LogP contribution in [0.1, 0.15) is 30.1 Å². The van der Waals surface area contributed by atoms with Gasteiger partial charge in [-0.25, -0.2) is 4.39 Å². The van der Waals surface area contributed by atoms with Crippen LogP contribution in [0.25, 0.3) is 0 Å². The van der Waals surface area contributed by atoms with E-state index in [1.807, 2.05) is 0 Å². The summed E-state index contributed by atoms with van der Waals surface area (Å²) in [7, 11) is 0. The van der Waals surface area contributed by atoms with Crippen LogP contribution in [0.3, 0.4) is 0 Å². The fraction of sp³-hybridized carbons (Fsp3) is 0.429.